The van der Waals surface area contributed by atoms with E-state index in [-0.39, 0.29) is 5.92 Å². The fourth-order valence-electron chi connectivity index (χ4n) is 3.50. The Morgan fingerprint density at radius 1 is 1.31 bits per heavy atom. The van der Waals surface area contributed by atoms with Gasteiger partial charge < -0.3 is 9.84 Å². The summed E-state index contributed by atoms with van der Waals surface area (Å²) in [6.07, 6.45) is 4.66. The number of hydrogen-bond donors (Lipinski definition) is 1. The van der Waals surface area contributed by atoms with E-state index in [1.165, 1.54) is 0 Å². The average molecular weight is 353 g/mol. The zero-order chi connectivity index (χ0) is 18.1. The van der Waals surface area contributed by atoms with Crippen LogP contribution in [0.15, 0.2) is 30.5 Å². The third-order valence-corrected chi connectivity index (χ3v) is 4.92. The topological polar surface area (TPSA) is 103 Å². The number of benzene rings is 1. The van der Waals surface area contributed by atoms with Crippen LogP contribution in [0.3, 0.4) is 0 Å². The first-order chi connectivity index (χ1) is 12.6. The standard InChI is InChI=1S/C18H19N5O3/c1-26-14-6-4-13(5-7-14)23-17-15(21-22-23)10-19-16(20-17)9-11-2-3-12(8-11)18(24)25/h4-7,10-12H,2-3,8-9H2,1H3,(H,24,25)/t11-,12+/m0/s1. The lowest BCUT2D eigenvalue weighted by atomic mass is 10.0. The van der Waals surface area contributed by atoms with E-state index in [0.717, 1.165) is 24.3 Å². The maximum atomic E-state index is 11.1. The lowest BCUT2D eigenvalue weighted by Crippen LogP contribution is -2.11. The molecule has 0 radical (unpaired) electrons. The molecule has 1 N–H and O–H groups in total. The van der Waals surface area contributed by atoms with E-state index in [9.17, 15) is 4.79 Å². The molecule has 0 spiro atoms. The molecule has 0 aliphatic heterocycles. The molecular weight excluding hydrogens is 334 g/mol. The van der Waals surface area contributed by atoms with Crippen molar-refractivity contribution in [2.24, 2.45) is 11.8 Å². The highest BCUT2D eigenvalue weighted by atomic mass is 16.5. The van der Waals surface area contributed by atoms with Gasteiger partial charge in [0, 0.05) is 6.42 Å². The molecule has 1 aliphatic rings. The predicted molar refractivity (Wildman–Crippen MR) is 93.2 cm³/mol. The molecular formula is C18H19N5O3. The predicted octanol–water partition coefficient (Wildman–Crippen LogP) is 2.26. The molecule has 2 aromatic heterocycles. The van der Waals surface area contributed by atoms with Gasteiger partial charge in [-0.2, -0.15) is 4.68 Å². The third kappa shape index (κ3) is 3.10. The largest absolute Gasteiger partial charge is 0.497 e. The van der Waals surface area contributed by atoms with Crippen LogP contribution in [-0.2, 0) is 11.2 Å². The van der Waals surface area contributed by atoms with Crippen molar-refractivity contribution < 1.29 is 14.6 Å². The van der Waals surface area contributed by atoms with Gasteiger partial charge in [-0.05, 0) is 49.4 Å². The maximum Gasteiger partial charge on any atom is 0.306 e. The normalized spacial score (nSPS) is 19.7. The van der Waals surface area contributed by atoms with Gasteiger partial charge in [-0.15, -0.1) is 5.10 Å². The van der Waals surface area contributed by atoms with E-state index >= 15 is 0 Å². The van der Waals surface area contributed by atoms with Crippen molar-refractivity contribution in [3.8, 4) is 11.4 Å². The Hall–Kier alpha value is -3.03. The number of methoxy groups -OCH3 is 1. The molecule has 0 amide bonds. The number of aliphatic carboxylic acids is 1. The van der Waals surface area contributed by atoms with Crippen LogP contribution >= 0.6 is 0 Å². The van der Waals surface area contributed by atoms with Crippen molar-refractivity contribution in [1.29, 1.82) is 0 Å². The SMILES string of the molecule is COc1ccc(-n2nnc3cnc(C[C@H]4CC[C@@H](C(=O)O)C4)nc32)cc1. The summed E-state index contributed by atoms with van der Waals surface area (Å²) in [5.74, 6) is 0.827. The highest BCUT2D eigenvalue weighted by Crippen LogP contribution is 2.33. The molecule has 2 heterocycles. The van der Waals surface area contributed by atoms with E-state index in [1.807, 2.05) is 24.3 Å². The molecule has 26 heavy (non-hydrogen) atoms. The summed E-state index contributed by atoms with van der Waals surface area (Å²) < 4.78 is 6.86. The van der Waals surface area contributed by atoms with Crippen molar-refractivity contribution in [2.45, 2.75) is 25.7 Å². The molecule has 1 aliphatic carbocycles. The summed E-state index contributed by atoms with van der Waals surface area (Å²) in [6.45, 7) is 0. The van der Waals surface area contributed by atoms with Crippen LogP contribution in [-0.4, -0.2) is 43.1 Å². The molecule has 3 aromatic rings. The van der Waals surface area contributed by atoms with Crippen molar-refractivity contribution in [3.05, 3.63) is 36.3 Å². The number of carboxylic acids is 1. The number of carbonyl (C=O) groups is 1. The summed E-state index contributed by atoms with van der Waals surface area (Å²) in [5, 5.41) is 17.5. The first-order valence-electron chi connectivity index (χ1n) is 8.58. The van der Waals surface area contributed by atoms with Crippen LogP contribution in [0.2, 0.25) is 0 Å². The van der Waals surface area contributed by atoms with Crippen molar-refractivity contribution >= 4 is 17.1 Å². The lowest BCUT2D eigenvalue weighted by Gasteiger charge is -2.08. The van der Waals surface area contributed by atoms with Crippen LogP contribution in [0.4, 0.5) is 0 Å². The third-order valence-electron chi connectivity index (χ3n) is 4.92. The second-order valence-electron chi connectivity index (χ2n) is 6.61. The molecule has 0 saturated heterocycles. The van der Waals surface area contributed by atoms with Gasteiger partial charge >= 0.3 is 5.97 Å². The van der Waals surface area contributed by atoms with Gasteiger partial charge in [-0.1, -0.05) is 5.21 Å². The molecule has 1 saturated carbocycles. The number of aromatic nitrogens is 5. The van der Waals surface area contributed by atoms with E-state index in [2.05, 4.69) is 20.3 Å². The fraction of sp³-hybridized carbons (Fsp3) is 0.389. The smallest absolute Gasteiger partial charge is 0.306 e. The number of rotatable bonds is 5. The van der Waals surface area contributed by atoms with Gasteiger partial charge in [0.15, 0.2) is 11.2 Å². The second-order valence-corrected chi connectivity index (χ2v) is 6.61. The Morgan fingerprint density at radius 2 is 2.12 bits per heavy atom. The minimum Gasteiger partial charge on any atom is -0.497 e. The molecule has 4 rings (SSSR count). The summed E-state index contributed by atoms with van der Waals surface area (Å²) in [4.78, 5) is 20.1. The monoisotopic (exact) mass is 353 g/mol. The molecule has 2 atom stereocenters. The highest BCUT2D eigenvalue weighted by molar-refractivity contribution is 5.71. The van der Waals surface area contributed by atoms with Crippen LogP contribution in [0.1, 0.15) is 25.1 Å². The van der Waals surface area contributed by atoms with E-state index in [0.29, 0.717) is 35.7 Å². The first kappa shape index (κ1) is 16.4. The van der Waals surface area contributed by atoms with Gasteiger partial charge in [0.05, 0.1) is 24.9 Å². The summed E-state index contributed by atoms with van der Waals surface area (Å²) in [5.41, 5.74) is 2.11. The van der Waals surface area contributed by atoms with E-state index < -0.39 is 5.97 Å². The zero-order valence-electron chi connectivity index (χ0n) is 14.4. The van der Waals surface area contributed by atoms with Crippen LogP contribution < -0.4 is 4.74 Å². The Bertz CT molecular complexity index is 938. The van der Waals surface area contributed by atoms with Crippen LogP contribution in [0, 0.1) is 11.8 Å². The van der Waals surface area contributed by atoms with Gasteiger partial charge in [-0.25, -0.2) is 9.97 Å². The minimum absolute atomic E-state index is 0.241. The van der Waals surface area contributed by atoms with Gasteiger partial charge in [-0.3, -0.25) is 4.79 Å². The maximum absolute atomic E-state index is 11.1. The fourth-order valence-corrected chi connectivity index (χ4v) is 3.50. The van der Waals surface area contributed by atoms with E-state index in [4.69, 9.17) is 9.84 Å². The Kier molecular flexibility index (Phi) is 4.24. The molecule has 0 bridgehead atoms. The van der Waals surface area contributed by atoms with Crippen LogP contribution in [0.25, 0.3) is 16.9 Å². The Labute approximate surface area is 149 Å². The highest BCUT2D eigenvalue weighted by Gasteiger charge is 2.30. The quantitative estimate of drug-likeness (QED) is 0.750. The van der Waals surface area contributed by atoms with Crippen LogP contribution in [0.5, 0.6) is 5.75 Å². The molecule has 1 fully saturated rings. The molecule has 8 nitrogen and oxygen atoms in total. The van der Waals surface area contributed by atoms with Gasteiger partial charge in [0.2, 0.25) is 0 Å². The first-order valence-corrected chi connectivity index (χ1v) is 8.58. The molecule has 1 aromatic carbocycles. The van der Waals surface area contributed by atoms with Crippen molar-refractivity contribution in [3.63, 3.8) is 0 Å². The van der Waals surface area contributed by atoms with Gasteiger partial charge in [0.1, 0.15) is 11.6 Å². The number of hydrogen-bond acceptors (Lipinski definition) is 6. The summed E-state index contributed by atoms with van der Waals surface area (Å²) in [6, 6.07) is 7.50. The number of carboxylic acid groups (broad SMARTS) is 1. The Morgan fingerprint density at radius 3 is 2.81 bits per heavy atom. The number of fused-ring (bicyclic) bond motifs is 1. The number of ether oxygens (including phenoxy) is 1. The lowest BCUT2D eigenvalue weighted by molar-refractivity contribution is -0.141. The van der Waals surface area contributed by atoms with E-state index in [1.54, 1.807) is 18.0 Å². The zero-order valence-corrected chi connectivity index (χ0v) is 14.4. The summed E-state index contributed by atoms with van der Waals surface area (Å²) in [7, 11) is 1.62. The van der Waals surface area contributed by atoms with Gasteiger partial charge in [0.25, 0.3) is 0 Å². The van der Waals surface area contributed by atoms with Crippen molar-refractivity contribution in [1.82, 2.24) is 25.0 Å². The molecule has 134 valence electrons. The average Bonchev–Trinajstić information content (AvgIpc) is 3.29. The van der Waals surface area contributed by atoms with Crippen molar-refractivity contribution in [2.75, 3.05) is 7.11 Å². The number of nitrogens with zero attached hydrogens (tertiary/aromatic N) is 5. The Balaban J connectivity index is 1.59. The second kappa shape index (κ2) is 6.70. The minimum atomic E-state index is -0.703. The molecule has 8 heteroatoms. The summed E-state index contributed by atoms with van der Waals surface area (Å²) >= 11 is 0. The molecule has 0 unspecified atom stereocenters.